The van der Waals surface area contributed by atoms with Gasteiger partial charge in [0, 0.05) is 5.56 Å². The van der Waals surface area contributed by atoms with E-state index in [2.05, 4.69) is 15.9 Å². The van der Waals surface area contributed by atoms with E-state index in [4.69, 9.17) is 9.52 Å². The number of rotatable bonds is 2. The van der Waals surface area contributed by atoms with E-state index < -0.39 is 5.97 Å². The minimum atomic E-state index is -0.945. The minimum Gasteiger partial charge on any atom is -0.478 e. The Kier molecular flexibility index (Phi) is 2.60. The summed E-state index contributed by atoms with van der Waals surface area (Å²) in [7, 11) is 0. The lowest BCUT2D eigenvalue weighted by molar-refractivity contribution is 0.0697. The molecule has 3 nitrogen and oxygen atoms in total. The van der Waals surface area contributed by atoms with Crippen LogP contribution in [0.2, 0.25) is 0 Å². The summed E-state index contributed by atoms with van der Waals surface area (Å²) in [5, 5.41) is 8.83. The summed E-state index contributed by atoms with van der Waals surface area (Å²) in [4.78, 5) is 10.8. The van der Waals surface area contributed by atoms with E-state index in [-0.39, 0.29) is 5.56 Å². The van der Waals surface area contributed by atoms with Crippen LogP contribution >= 0.6 is 15.9 Å². The summed E-state index contributed by atoms with van der Waals surface area (Å²) in [5.74, 6) is -0.308. The number of carbonyl (C=O) groups is 1. The van der Waals surface area contributed by atoms with Crippen molar-refractivity contribution < 1.29 is 14.3 Å². The molecule has 0 amide bonds. The van der Waals surface area contributed by atoms with Gasteiger partial charge in [-0.1, -0.05) is 12.1 Å². The molecule has 1 aromatic carbocycles. The van der Waals surface area contributed by atoms with Gasteiger partial charge in [-0.05, 0) is 34.1 Å². The molecule has 1 aromatic heterocycles. The smallest absolute Gasteiger partial charge is 0.335 e. The van der Waals surface area contributed by atoms with Crippen LogP contribution in [0, 0.1) is 0 Å². The van der Waals surface area contributed by atoms with Gasteiger partial charge < -0.3 is 9.52 Å². The average Bonchev–Trinajstić information content (AvgIpc) is 2.64. The lowest BCUT2D eigenvalue weighted by Gasteiger charge is -1.99. The van der Waals surface area contributed by atoms with Crippen LogP contribution in [0.4, 0.5) is 0 Å². The van der Waals surface area contributed by atoms with Gasteiger partial charge in [-0.3, -0.25) is 0 Å². The minimum absolute atomic E-state index is 0.246. The van der Waals surface area contributed by atoms with Crippen LogP contribution in [0.3, 0.4) is 0 Å². The Balaban J connectivity index is 2.50. The molecule has 0 aliphatic carbocycles. The van der Waals surface area contributed by atoms with Crippen LogP contribution in [0.15, 0.2) is 45.5 Å². The molecule has 0 unspecified atom stereocenters. The Bertz CT molecular complexity index is 502. The average molecular weight is 267 g/mol. The van der Waals surface area contributed by atoms with Gasteiger partial charge in [0.2, 0.25) is 0 Å². The fourth-order valence-corrected chi connectivity index (χ4v) is 1.72. The fourth-order valence-electron chi connectivity index (χ4n) is 1.29. The van der Waals surface area contributed by atoms with Gasteiger partial charge in [0.15, 0.2) is 0 Å². The van der Waals surface area contributed by atoms with Gasteiger partial charge in [-0.15, -0.1) is 0 Å². The van der Waals surface area contributed by atoms with E-state index in [9.17, 15) is 4.79 Å². The van der Waals surface area contributed by atoms with Crippen LogP contribution in [0.5, 0.6) is 0 Å². The normalized spacial score (nSPS) is 10.2. The molecule has 0 saturated heterocycles. The van der Waals surface area contributed by atoms with Crippen molar-refractivity contribution in [1.29, 1.82) is 0 Å². The maximum Gasteiger partial charge on any atom is 0.335 e. The Morgan fingerprint density at radius 3 is 2.73 bits per heavy atom. The molecule has 0 spiro atoms. The maximum atomic E-state index is 10.8. The van der Waals surface area contributed by atoms with Crippen molar-refractivity contribution in [3.63, 3.8) is 0 Å². The zero-order valence-corrected chi connectivity index (χ0v) is 9.19. The molecule has 0 aliphatic heterocycles. The van der Waals surface area contributed by atoms with Crippen molar-refractivity contribution in [3.8, 4) is 11.3 Å². The highest BCUT2D eigenvalue weighted by atomic mass is 79.9. The zero-order chi connectivity index (χ0) is 10.8. The molecule has 2 aromatic rings. The van der Waals surface area contributed by atoms with Crippen LogP contribution in [-0.2, 0) is 0 Å². The first kappa shape index (κ1) is 9.98. The SMILES string of the molecule is O=C(O)c1cccc(-c2occc2Br)c1. The van der Waals surface area contributed by atoms with E-state index in [0.717, 1.165) is 10.0 Å². The predicted molar refractivity (Wildman–Crippen MR) is 58.8 cm³/mol. The van der Waals surface area contributed by atoms with Crippen LogP contribution in [0.25, 0.3) is 11.3 Å². The van der Waals surface area contributed by atoms with Crippen molar-refractivity contribution in [2.75, 3.05) is 0 Å². The highest BCUT2D eigenvalue weighted by Crippen LogP contribution is 2.29. The lowest BCUT2D eigenvalue weighted by atomic mass is 10.1. The number of halogens is 1. The van der Waals surface area contributed by atoms with Gasteiger partial charge >= 0.3 is 5.97 Å². The van der Waals surface area contributed by atoms with Crippen molar-refractivity contribution in [1.82, 2.24) is 0 Å². The molecule has 2 rings (SSSR count). The second kappa shape index (κ2) is 3.90. The molecule has 4 heteroatoms. The van der Waals surface area contributed by atoms with E-state index in [1.807, 2.05) is 0 Å². The highest BCUT2D eigenvalue weighted by molar-refractivity contribution is 9.10. The topological polar surface area (TPSA) is 50.4 Å². The number of benzene rings is 1. The molecule has 15 heavy (non-hydrogen) atoms. The number of furan rings is 1. The molecule has 0 bridgehead atoms. The highest BCUT2D eigenvalue weighted by Gasteiger charge is 2.09. The molecular weight excluding hydrogens is 260 g/mol. The maximum absolute atomic E-state index is 10.8. The molecule has 0 atom stereocenters. The van der Waals surface area contributed by atoms with Gasteiger partial charge in [0.1, 0.15) is 5.76 Å². The summed E-state index contributed by atoms with van der Waals surface area (Å²) in [6, 6.07) is 8.38. The van der Waals surface area contributed by atoms with E-state index in [0.29, 0.717) is 5.76 Å². The monoisotopic (exact) mass is 266 g/mol. The second-order valence-corrected chi connectivity index (χ2v) is 3.84. The van der Waals surface area contributed by atoms with Crippen molar-refractivity contribution in [2.45, 2.75) is 0 Å². The van der Waals surface area contributed by atoms with Crippen molar-refractivity contribution >= 4 is 21.9 Å². The number of hydrogen-bond acceptors (Lipinski definition) is 2. The van der Waals surface area contributed by atoms with Gasteiger partial charge in [-0.25, -0.2) is 4.79 Å². The summed E-state index contributed by atoms with van der Waals surface area (Å²) < 4.78 is 6.06. The largest absolute Gasteiger partial charge is 0.478 e. The molecule has 0 aliphatic rings. The first-order chi connectivity index (χ1) is 7.18. The Morgan fingerprint density at radius 1 is 1.33 bits per heavy atom. The Hall–Kier alpha value is -1.55. The third-order valence-corrected chi connectivity index (χ3v) is 2.61. The quantitative estimate of drug-likeness (QED) is 0.907. The number of aromatic carboxylic acids is 1. The molecular formula is C11H7BrO3. The van der Waals surface area contributed by atoms with Gasteiger partial charge in [0.05, 0.1) is 16.3 Å². The van der Waals surface area contributed by atoms with Gasteiger partial charge in [-0.2, -0.15) is 0 Å². The zero-order valence-electron chi connectivity index (χ0n) is 7.61. The van der Waals surface area contributed by atoms with Gasteiger partial charge in [0.25, 0.3) is 0 Å². The summed E-state index contributed by atoms with van der Waals surface area (Å²) in [6.07, 6.45) is 1.55. The molecule has 0 saturated carbocycles. The second-order valence-electron chi connectivity index (χ2n) is 2.98. The summed E-state index contributed by atoms with van der Waals surface area (Å²) in [6.45, 7) is 0. The third-order valence-electron chi connectivity index (χ3n) is 1.99. The number of carboxylic acid groups (broad SMARTS) is 1. The third kappa shape index (κ3) is 1.94. The van der Waals surface area contributed by atoms with E-state index in [1.165, 1.54) is 0 Å². The Labute approximate surface area is 94.5 Å². The molecule has 1 heterocycles. The number of carboxylic acids is 1. The molecule has 0 radical (unpaired) electrons. The summed E-state index contributed by atoms with van der Waals surface area (Å²) >= 11 is 3.32. The fraction of sp³-hybridized carbons (Fsp3) is 0. The standard InChI is InChI=1S/C11H7BrO3/c12-9-4-5-15-10(9)7-2-1-3-8(6-7)11(13)14/h1-6H,(H,13,14). The summed E-state index contributed by atoms with van der Waals surface area (Å²) in [5.41, 5.74) is 0.988. The van der Waals surface area contributed by atoms with Crippen LogP contribution in [-0.4, -0.2) is 11.1 Å². The molecule has 76 valence electrons. The Morgan fingerprint density at radius 2 is 2.13 bits per heavy atom. The lowest BCUT2D eigenvalue weighted by Crippen LogP contribution is -1.95. The number of hydrogen-bond donors (Lipinski definition) is 1. The predicted octanol–water partition coefficient (Wildman–Crippen LogP) is 3.41. The van der Waals surface area contributed by atoms with E-state index in [1.54, 1.807) is 36.6 Å². The van der Waals surface area contributed by atoms with Crippen molar-refractivity contribution in [2.24, 2.45) is 0 Å². The first-order valence-corrected chi connectivity index (χ1v) is 5.04. The van der Waals surface area contributed by atoms with E-state index >= 15 is 0 Å². The first-order valence-electron chi connectivity index (χ1n) is 4.25. The van der Waals surface area contributed by atoms with Crippen LogP contribution < -0.4 is 0 Å². The van der Waals surface area contributed by atoms with Crippen molar-refractivity contribution in [3.05, 3.63) is 46.6 Å². The molecule has 1 N–H and O–H groups in total. The molecule has 0 fully saturated rings. The van der Waals surface area contributed by atoms with Crippen LogP contribution in [0.1, 0.15) is 10.4 Å².